The summed E-state index contributed by atoms with van der Waals surface area (Å²) in [4.78, 5) is 1.51. The summed E-state index contributed by atoms with van der Waals surface area (Å²) in [5.74, 6) is 0. The summed E-state index contributed by atoms with van der Waals surface area (Å²) in [7, 11) is 2.01. The molecule has 1 heterocycles. The van der Waals surface area contributed by atoms with E-state index in [1.165, 1.54) is 33.4 Å². The highest BCUT2D eigenvalue weighted by atomic mass is 32.1. The fourth-order valence-corrected chi connectivity index (χ4v) is 2.96. The molecule has 1 nitrogen and oxygen atoms in total. The number of thiophene rings is 1. The average Bonchev–Trinajstić information content (AvgIpc) is 2.60. The molecule has 0 unspecified atom stereocenters. The van der Waals surface area contributed by atoms with Crippen molar-refractivity contribution in [3.8, 4) is 0 Å². The molecule has 15 heavy (non-hydrogen) atoms. The molecule has 1 N–H and O–H groups in total. The van der Waals surface area contributed by atoms with Crippen LogP contribution in [0.15, 0.2) is 24.3 Å². The Kier molecular flexibility index (Phi) is 3.39. The molecule has 0 spiro atoms. The van der Waals surface area contributed by atoms with E-state index < -0.39 is 0 Å². The molecule has 0 saturated carbocycles. The lowest BCUT2D eigenvalue weighted by molar-refractivity contribution is 0.729. The molecule has 0 radical (unpaired) electrons. The molecule has 2 heteroatoms. The van der Waals surface area contributed by atoms with Gasteiger partial charge in [-0.2, -0.15) is 0 Å². The van der Waals surface area contributed by atoms with Crippen molar-refractivity contribution in [2.24, 2.45) is 0 Å². The van der Waals surface area contributed by atoms with Crippen LogP contribution in [0.4, 0.5) is 0 Å². The van der Waals surface area contributed by atoms with Gasteiger partial charge in [0, 0.05) is 9.58 Å². The molecule has 0 aliphatic rings. The van der Waals surface area contributed by atoms with Crippen molar-refractivity contribution in [2.75, 3.05) is 13.6 Å². The molecule has 0 bridgehead atoms. The van der Waals surface area contributed by atoms with Gasteiger partial charge in [-0.15, -0.1) is 11.3 Å². The van der Waals surface area contributed by atoms with Gasteiger partial charge < -0.3 is 5.32 Å². The van der Waals surface area contributed by atoms with Crippen LogP contribution in [0, 0.1) is 6.92 Å². The van der Waals surface area contributed by atoms with Gasteiger partial charge in [0.25, 0.3) is 0 Å². The fraction of sp³-hybridized carbons (Fsp3) is 0.385. The molecule has 0 saturated heterocycles. The average molecular weight is 219 g/mol. The van der Waals surface area contributed by atoms with Crippen LogP contribution in [-0.2, 0) is 6.42 Å². The van der Waals surface area contributed by atoms with Crippen molar-refractivity contribution in [1.29, 1.82) is 0 Å². The Morgan fingerprint density at radius 2 is 2.13 bits per heavy atom. The maximum absolute atomic E-state index is 3.19. The third-order valence-corrected chi connectivity index (χ3v) is 3.73. The van der Waals surface area contributed by atoms with Crippen molar-refractivity contribution in [3.63, 3.8) is 0 Å². The maximum atomic E-state index is 3.19. The lowest BCUT2D eigenvalue weighted by Gasteiger charge is -1.95. The Hall–Kier alpha value is -0.860. The largest absolute Gasteiger partial charge is 0.320 e. The Labute approximate surface area is 95.1 Å². The first-order valence-electron chi connectivity index (χ1n) is 5.43. The van der Waals surface area contributed by atoms with Crippen LogP contribution < -0.4 is 5.32 Å². The van der Waals surface area contributed by atoms with Gasteiger partial charge in [-0.3, -0.25) is 0 Å². The fourth-order valence-electron chi connectivity index (χ4n) is 1.76. The smallest absolute Gasteiger partial charge is 0.0348 e. The van der Waals surface area contributed by atoms with Gasteiger partial charge in [0.05, 0.1) is 0 Å². The van der Waals surface area contributed by atoms with Gasteiger partial charge in [0.2, 0.25) is 0 Å². The Morgan fingerprint density at radius 3 is 2.93 bits per heavy atom. The van der Waals surface area contributed by atoms with E-state index in [9.17, 15) is 0 Å². The van der Waals surface area contributed by atoms with Crippen LogP contribution in [0.2, 0.25) is 0 Å². The van der Waals surface area contributed by atoms with Crippen LogP contribution >= 0.6 is 11.3 Å². The highest BCUT2D eigenvalue weighted by Gasteiger charge is 2.01. The predicted molar refractivity (Wildman–Crippen MR) is 68.8 cm³/mol. The molecule has 0 aliphatic heterocycles. The van der Waals surface area contributed by atoms with Gasteiger partial charge in [0.1, 0.15) is 0 Å². The molecule has 0 aliphatic carbocycles. The van der Waals surface area contributed by atoms with E-state index in [1.54, 1.807) is 0 Å². The quantitative estimate of drug-likeness (QED) is 0.777. The van der Waals surface area contributed by atoms with E-state index in [4.69, 9.17) is 0 Å². The van der Waals surface area contributed by atoms with Gasteiger partial charge in [0.15, 0.2) is 0 Å². The highest BCUT2D eigenvalue weighted by molar-refractivity contribution is 7.19. The predicted octanol–water partition coefficient (Wildman–Crippen LogP) is 3.36. The molecular weight excluding hydrogens is 202 g/mol. The third-order valence-electron chi connectivity index (χ3n) is 2.58. The number of nitrogens with one attached hydrogen (secondary N) is 1. The van der Waals surface area contributed by atoms with Crippen LogP contribution in [0.3, 0.4) is 0 Å². The van der Waals surface area contributed by atoms with E-state index in [-0.39, 0.29) is 0 Å². The second kappa shape index (κ2) is 4.77. The summed E-state index contributed by atoms with van der Waals surface area (Å²) < 4.78 is 1.43. The first-order chi connectivity index (χ1) is 7.29. The van der Waals surface area contributed by atoms with Crippen LogP contribution in [0.25, 0.3) is 10.1 Å². The van der Waals surface area contributed by atoms with Gasteiger partial charge in [-0.05, 0) is 56.4 Å². The minimum Gasteiger partial charge on any atom is -0.320 e. The number of fused-ring (bicyclic) bond motifs is 1. The van der Waals surface area contributed by atoms with E-state index in [1.807, 2.05) is 18.4 Å². The number of hydrogen-bond acceptors (Lipinski definition) is 2. The monoisotopic (exact) mass is 219 g/mol. The third kappa shape index (κ3) is 2.58. The number of rotatable bonds is 4. The molecule has 1 aromatic carbocycles. The van der Waals surface area contributed by atoms with E-state index in [2.05, 4.69) is 36.5 Å². The zero-order valence-corrected chi connectivity index (χ0v) is 10.2. The topological polar surface area (TPSA) is 12.0 Å². The number of benzene rings is 1. The summed E-state index contributed by atoms with van der Waals surface area (Å²) in [6.45, 7) is 3.26. The van der Waals surface area contributed by atoms with Crippen LogP contribution in [0.1, 0.15) is 16.9 Å². The van der Waals surface area contributed by atoms with Crippen molar-refractivity contribution in [2.45, 2.75) is 19.8 Å². The Balaban J connectivity index is 2.16. The highest BCUT2D eigenvalue weighted by Crippen LogP contribution is 2.27. The molecule has 80 valence electrons. The summed E-state index contributed by atoms with van der Waals surface area (Å²) in [6, 6.07) is 9.02. The first-order valence-corrected chi connectivity index (χ1v) is 6.25. The van der Waals surface area contributed by atoms with Crippen LogP contribution in [-0.4, -0.2) is 13.6 Å². The summed E-state index contributed by atoms with van der Waals surface area (Å²) in [5, 5.41) is 4.58. The van der Waals surface area contributed by atoms with Gasteiger partial charge >= 0.3 is 0 Å². The minimum absolute atomic E-state index is 1.10. The van der Waals surface area contributed by atoms with Crippen molar-refractivity contribution in [3.05, 3.63) is 34.7 Å². The summed E-state index contributed by atoms with van der Waals surface area (Å²) >= 11 is 1.93. The SMILES string of the molecule is CNCCCc1cc2ccc(C)cc2s1. The van der Waals surface area contributed by atoms with E-state index in [0.717, 1.165) is 6.54 Å². The van der Waals surface area contributed by atoms with Gasteiger partial charge in [-0.1, -0.05) is 12.1 Å². The molecule has 2 rings (SSSR count). The standard InChI is InChI=1S/C13H17NS/c1-10-5-6-11-9-12(4-3-7-14-2)15-13(11)8-10/h5-6,8-9,14H,3-4,7H2,1-2H3. The van der Waals surface area contributed by atoms with Crippen molar-refractivity contribution in [1.82, 2.24) is 5.32 Å². The van der Waals surface area contributed by atoms with E-state index in [0.29, 0.717) is 0 Å². The molecule has 2 aromatic rings. The molecule has 0 atom stereocenters. The van der Waals surface area contributed by atoms with Crippen molar-refractivity contribution < 1.29 is 0 Å². The van der Waals surface area contributed by atoms with Gasteiger partial charge in [-0.25, -0.2) is 0 Å². The first kappa shape index (κ1) is 10.7. The molecule has 0 fully saturated rings. The molecular formula is C13H17NS. The zero-order chi connectivity index (χ0) is 10.7. The summed E-state index contributed by atoms with van der Waals surface area (Å²) in [6.07, 6.45) is 2.42. The minimum atomic E-state index is 1.10. The second-order valence-electron chi connectivity index (χ2n) is 3.96. The normalized spacial score (nSPS) is 11.1. The molecule has 0 amide bonds. The lowest BCUT2D eigenvalue weighted by atomic mass is 10.2. The summed E-state index contributed by atoms with van der Waals surface area (Å²) in [5.41, 5.74) is 1.35. The zero-order valence-electron chi connectivity index (χ0n) is 9.34. The van der Waals surface area contributed by atoms with Crippen molar-refractivity contribution >= 4 is 21.4 Å². The maximum Gasteiger partial charge on any atom is 0.0348 e. The second-order valence-corrected chi connectivity index (χ2v) is 5.13. The lowest BCUT2D eigenvalue weighted by Crippen LogP contribution is -2.07. The Morgan fingerprint density at radius 1 is 1.27 bits per heavy atom. The Bertz CT molecular complexity index is 445. The van der Waals surface area contributed by atoms with E-state index >= 15 is 0 Å². The number of aryl methyl sites for hydroxylation is 2. The van der Waals surface area contributed by atoms with Crippen LogP contribution in [0.5, 0.6) is 0 Å². The molecule has 1 aromatic heterocycles. The number of hydrogen-bond donors (Lipinski definition) is 1.